The summed E-state index contributed by atoms with van der Waals surface area (Å²) in [6.45, 7) is 1.34. The van der Waals surface area contributed by atoms with Crippen molar-refractivity contribution in [1.29, 1.82) is 0 Å². The number of fused-ring (bicyclic) bond motifs is 1. The molecule has 0 spiro atoms. The summed E-state index contributed by atoms with van der Waals surface area (Å²) >= 11 is 4.15. The molecule has 2 aliphatic heterocycles. The molecular weight excluding hydrogens is 126 g/mol. The average molecular weight is 133 g/mol. The van der Waals surface area contributed by atoms with Crippen molar-refractivity contribution in [2.75, 3.05) is 18.2 Å². The summed E-state index contributed by atoms with van der Waals surface area (Å²) in [6.07, 6.45) is 0. The van der Waals surface area contributed by atoms with Crippen molar-refractivity contribution in [3.05, 3.63) is 0 Å². The molecular formula is C4H7NS2. The van der Waals surface area contributed by atoms with Crippen LogP contribution in [0.15, 0.2) is 0 Å². The molecule has 0 aliphatic carbocycles. The van der Waals surface area contributed by atoms with E-state index in [0.29, 0.717) is 0 Å². The van der Waals surface area contributed by atoms with Gasteiger partial charge in [-0.25, -0.2) is 0 Å². The molecule has 0 amide bonds. The molecule has 0 unspecified atom stereocenters. The predicted molar refractivity (Wildman–Crippen MR) is 35.4 cm³/mol. The molecule has 2 saturated heterocycles. The summed E-state index contributed by atoms with van der Waals surface area (Å²) in [5.74, 6) is 2.65. The van der Waals surface area contributed by atoms with E-state index in [9.17, 15) is 0 Å². The standard InChI is InChI=1S/C4H7NS2/c1-2-6-4-5(1)3-7-4/h4H,1-3H2/t4-/m0/s1. The Bertz CT molecular complexity index is 75.8. The summed E-state index contributed by atoms with van der Waals surface area (Å²) < 4.78 is 0.861. The zero-order valence-electron chi connectivity index (χ0n) is 3.96. The van der Waals surface area contributed by atoms with Crippen LogP contribution in [0, 0.1) is 0 Å². The second-order valence-electron chi connectivity index (χ2n) is 1.79. The molecule has 0 aromatic rings. The number of thioether (sulfide) groups is 2. The van der Waals surface area contributed by atoms with Crippen LogP contribution in [0.3, 0.4) is 0 Å². The Hall–Kier alpha value is 0.660. The van der Waals surface area contributed by atoms with Crippen molar-refractivity contribution in [3.8, 4) is 0 Å². The zero-order chi connectivity index (χ0) is 4.69. The SMILES string of the molecule is C1CN2CS[C@@H]2S1. The highest BCUT2D eigenvalue weighted by Gasteiger charge is 2.33. The zero-order valence-corrected chi connectivity index (χ0v) is 5.60. The predicted octanol–water partition coefficient (Wildman–Crippen LogP) is 1.02. The van der Waals surface area contributed by atoms with E-state index in [1.165, 1.54) is 18.2 Å². The van der Waals surface area contributed by atoms with Crippen LogP contribution in [0.25, 0.3) is 0 Å². The van der Waals surface area contributed by atoms with Crippen LogP contribution in [-0.4, -0.2) is 27.8 Å². The highest BCUT2D eigenvalue weighted by molar-refractivity contribution is 8.18. The molecule has 3 heteroatoms. The number of rotatable bonds is 0. The van der Waals surface area contributed by atoms with Gasteiger partial charge < -0.3 is 0 Å². The van der Waals surface area contributed by atoms with E-state index >= 15 is 0 Å². The summed E-state index contributed by atoms with van der Waals surface area (Å²) in [5.41, 5.74) is 0. The van der Waals surface area contributed by atoms with Gasteiger partial charge in [0.1, 0.15) is 4.71 Å². The number of hydrogen-bond donors (Lipinski definition) is 0. The van der Waals surface area contributed by atoms with Crippen molar-refractivity contribution in [2.24, 2.45) is 0 Å². The second kappa shape index (κ2) is 1.57. The Morgan fingerprint density at radius 1 is 1.43 bits per heavy atom. The van der Waals surface area contributed by atoms with Crippen molar-refractivity contribution >= 4 is 23.5 Å². The van der Waals surface area contributed by atoms with Gasteiger partial charge in [0.05, 0.1) is 0 Å². The molecule has 0 aromatic heterocycles. The minimum absolute atomic E-state index is 0.861. The molecule has 7 heavy (non-hydrogen) atoms. The Morgan fingerprint density at radius 3 is 2.71 bits per heavy atom. The summed E-state index contributed by atoms with van der Waals surface area (Å²) in [7, 11) is 0. The van der Waals surface area contributed by atoms with Crippen LogP contribution in [0.5, 0.6) is 0 Å². The fourth-order valence-electron chi connectivity index (χ4n) is 0.835. The Kier molecular flexibility index (Phi) is 1.02. The lowest BCUT2D eigenvalue weighted by molar-refractivity contribution is 0.367. The highest BCUT2D eigenvalue weighted by Crippen LogP contribution is 2.41. The molecule has 40 valence electrons. The van der Waals surface area contributed by atoms with Gasteiger partial charge in [-0.2, -0.15) is 0 Å². The van der Waals surface area contributed by atoms with Crippen molar-refractivity contribution in [3.63, 3.8) is 0 Å². The minimum atomic E-state index is 0.861. The van der Waals surface area contributed by atoms with E-state index in [4.69, 9.17) is 0 Å². The van der Waals surface area contributed by atoms with Crippen LogP contribution >= 0.6 is 23.5 Å². The molecule has 1 nitrogen and oxygen atoms in total. The van der Waals surface area contributed by atoms with E-state index in [0.717, 1.165) is 4.71 Å². The minimum Gasteiger partial charge on any atom is -0.273 e. The third-order valence-corrected chi connectivity index (χ3v) is 4.20. The van der Waals surface area contributed by atoms with Crippen LogP contribution in [-0.2, 0) is 0 Å². The summed E-state index contributed by atoms with van der Waals surface area (Å²) in [6, 6.07) is 0. The molecule has 2 rings (SSSR count). The van der Waals surface area contributed by atoms with E-state index in [2.05, 4.69) is 28.4 Å². The largest absolute Gasteiger partial charge is 0.273 e. The number of hydrogen-bond acceptors (Lipinski definition) is 3. The lowest BCUT2D eigenvalue weighted by Crippen LogP contribution is -2.35. The second-order valence-corrected chi connectivity index (χ2v) is 4.31. The fourth-order valence-corrected chi connectivity index (χ4v) is 3.45. The van der Waals surface area contributed by atoms with Gasteiger partial charge in [-0.3, -0.25) is 4.90 Å². The average Bonchev–Trinajstić information content (AvgIpc) is 1.85. The smallest absolute Gasteiger partial charge is 0.105 e. The van der Waals surface area contributed by atoms with Gasteiger partial charge in [0, 0.05) is 18.2 Å². The van der Waals surface area contributed by atoms with Crippen LogP contribution in [0.2, 0.25) is 0 Å². The van der Waals surface area contributed by atoms with Gasteiger partial charge in [-0.05, 0) is 0 Å². The van der Waals surface area contributed by atoms with Gasteiger partial charge in [-0.15, -0.1) is 23.5 Å². The Balaban J connectivity index is 2.03. The third-order valence-electron chi connectivity index (χ3n) is 1.32. The lowest BCUT2D eigenvalue weighted by Gasteiger charge is -2.32. The quantitative estimate of drug-likeness (QED) is 0.486. The van der Waals surface area contributed by atoms with Crippen molar-refractivity contribution in [2.45, 2.75) is 4.71 Å². The van der Waals surface area contributed by atoms with E-state index in [1.54, 1.807) is 0 Å². The molecule has 0 saturated carbocycles. The third kappa shape index (κ3) is 0.590. The van der Waals surface area contributed by atoms with Crippen LogP contribution in [0.4, 0.5) is 0 Å². The first kappa shape index (κ1) is 4.53. The summed E-state index contributed by atoms with van der Waals surface area (Å²) in [5, 5.41) is 0. The number of nitrogens with zero attached hydrogens (tertiary/aromatic N) is 1. The van der Waals surface area contributed by atoms with Crippen molar-refractivity contribution < 1.29 is 0 Å². The van der Waals surface area contributed by atoms with E-state index in [1.807, 2.05) is 0 Å². The first-order valence-corrected chi connectivity index (χ1v) is 4.54. The maximum atomic E-state index is 2.51. The Labute approximate surface area is 51.8 Å². The van der Waals surface area contributed by atoms with Crippen LogP contribution < -0.4 is 0 Å². The van der Waals surface area contributed by atoms with E-state index in [-0.39, 0.29) is 0 Å². The molecule has 0 radical (unpaired) electrons. The van der Waals surface area contributed by atoms with Crippen LogP contribution in [0.1, 0.15) is 0 Å². The molecule has 2 aliphatic rings. The molecule has 2 heterocycles. The highest BCUT2D eigenvalue weighted by atomic mass is 32.2. The topological polar surface area (TPSA) is 3.24 Å². The Morgan fingerprint density at radius 2 is 2.43 bits per heavy atom. The van der Waals surface area contributed by atoms with E-state index < -0.39 is 0 Å². The van der Waals surface area contributed by atoms with Gasteiger partial charge in [0.15, 0.2) is 0 Å². The molecule has 0 N–H and O–H groups in total. The van der Waals surface area contributed by atoms with Crippen molar-refractivity contribution in [1.82, 2.24) is 4.90 Å². The van der Waals surface area contributed by atoms with Gasteiger partial charge in [0.2, 0.25) is 0 Å². The maximum absolute atomic E-state index is 2.51. The van der Waals surface area contributed by atoms with Gasteiger partial charge in [0.25, 0.3) is 0 Å². The first-order valence-electron chi connectivity index (χ1n) is 2.44. The van der Waals surface area contributed by atoms with Gasteiger partial charge >= 0.3 is 0 Å². The normalized spacial score (nSPS) is 40.3. The molecule has 1 atom stereocenters. The first-order chi connectivity index (χ1) is 3.47. The molecule has 2 fully saturated rings. The fraction of sp³-hybridized carbons (Fsp3) is 1.00. The molecule has 0 bridgehead atoms. The lowest BCUT2D eigenvalue weighted by atomic mass is 10.7. The summed E-state index contributed by atoms with van der Waals surface area (Å²) in [4.78, 5) is 2.51. The monoisotopic (exact) mass is 133 g/mol. The molecule has 0 aromatic carbocycles. The van der Waals surface area contributed by atoms with Gasteiger partial charge in [-0.1, -0.05) is 0 Å². The maximum Gasteiger partial charge on any atom is 0.105 e.